The normalized spacial score (nSPS) is 17.7. The third kappa shape index (κ3) is 6.39. The smallest absolute Gasteiger partial charge is 0.317 e. The number of piperazine rings is 1. The number of rotatable bonds is 5. The van der Waals surface area contributed by atoms with E-state index in [1.54, 1.807) is 18.3 Å². The number of imidazole rings is 1. The monoisotopic (exact) mass is 573 g/mol. The van der Waals surface area contributed by atoms with Crippen molar-refractivity contribution in [3.05, 3.63) is 72.1 Å². The van der Waals surface area contributed by atoms with Gasteiger partial charge in [0.05, 0.1) is 29.3 Å². The predicted octanol–water partition coefficient (Wildman–Crippen LogP) is 3.93. The minimum atomic E-state index is 0.152. The average Bonchev–Trinajstić information content (AvgIpc) is 3.52. The molecular formula is C34H35N7O2. The van der Waals surface area contributed by atoms with Crippen LogP contribution in [-0.2, 0) is 11.2 Å². The second-order valence-corrected chi connectivity index (χ2v) is 11.4. The second-order valence-electron chi connectivity index (χ2n) is 11.4. The maximum Gasteiger partial charge on any atom is 0.317 e. The minimum absolute atomic E-state index is 0.152. The van der Waals surface area contributed by atoms with Gasteiger partial charge in [0.1, 0.15) is 6.11 Å². The summed E-state index contributed by atoms with van der Waals surface area (Å²) in [5.74, 6) is 3.68. The lowest BCUT2D eigenvalue weighted by atomic mass is 9.98. The van der Waals surface area contributed by atoms with Crippen molar-refractivity contribution in [3.63, 3.8) is 0 Å². The quantitative estimate of drug-likeness (QED) is 0.334. The molecule has 9 heteroatoms. The van der Waals surface area contributed by atoms with Crippen molar-refractivity contribution in [2.75, 3.05) is 53.4 Å². The van der Waals surface area contributed by atoms with E-state index < -0.39 is 0 Å². The van der Waals surface area contributed by atoms with Crippen LogP contribution in [0.1, 0.15) is 24.0 Å². The molecule has 0 N–H and O–H groups in total. The molecule has 0 aliphatic carbocycles. The number of ether oxygens (including phenoxy) is 1. The number of aromatic nitrogens is 3. The fourth-order valence-corrected chi connectivity index (χ4v) is 5.78. The number of carbonyl (C=O) groups is 1. The van der Waals surface area contributed by atoms with Crippen LogP contribution >= 0.6 is 0 Å². The van der Waals surface area contributed by atoms with E-state index in [1.807, 2.05) is 51.9 Å². The summed E-state index contributed by atoms with van der Waals surface area (Å²) in [6.45, 7) is 5.36. The lowest BCUT2D eigenvalue weighted by Gasteiger charge is -2.32. The van der Waals surface area contributed by atoms with E-state index >= 15 is 0 Å². The fourth-order valence-electron chi connectivity index (χ4n) is 5.78. The van der Waals surface area contributed by atoms with Crippen LogP contribution in [0.2, 0.25) is 0 Å². The van der Waals surface area contributed by atoms with Crippen LogP contribution in [0.3, 0.4) is 0 Å². The number of benzene rings is 2. The highest BCUT2D eigenvalue weighted by atomic mass is 16.5. The van der Waals surface area contributed by atoms with Crippen LogP contribution in [0.15, 0.2) is 60.9 Å². The molecule has 1 atom stereocenters. The highest BCUT2D eigenvalue weighted by molar-refractivity contribution is 5.90. The lowest BCUT2D eigenvalue weighted by molar-refractivity contribution is -0.132. The average molecular weight is 574 g/mol. The van der Waals surface area contributed by atoms with E-state index in [0.29, 0.717) is 29.3 Å². The molecule has 2 saturated heterocycles. The third-order valence-corrected chi connectivity index (χ3v) is 8.29. The van der Waals surface area contributed by atoms with Crippen LogP contribution in [0.5, 0.6) is 6.01 Å². The molecule has 0 bridgehead atoms. The Morgan fingerprint density at radius 2 is 1.72 bits per heavy atom. The van der Waals surface area contributed by atoms with Gasteiger partial charge in [0.15, 0.2) is 5.65 Å². The number of hydrogen-bond acceptors (Lipinski definition) is 7. The van der Waals surface area contributed by atoms with Crippen molar-refractivity contribution in [3.8, 4) is 46.5 Å². The van der Waals surface area contributed by atoms with E-state index in [-0.39, 0.29) is 11.8 Å². The van der Waals surface area contributed by atoms with E-state index in [9.17, 15) is 10.1 Å². The molecule has 1 unspecified atom stereocenters. The molecular weight excluding hydrogens is 538 g/mol. The Balaban J connectivity index is 1.33. The van der Waals surface area contributed by atoms with Gasteiger partial charge in [-0.15, -0.1) is 0 Å². The number of fused-ring (bicyclic) bond motifs is 1. The van der Waals surface area contributed by atoms with Gasteiger partial charge in [-0.3, -0.25) is 9.20 Å². The van der Waals surface area contributed by atoms with Crippen molar-refractivity contribution in [1.29, 1.82) is 5.26 Å². The van der Waals surface area contributed by atoms with Crippen LogP contribution in [0.4, 0.5) is 0 Å². The number of nitriles is 1. The van der Waals surface area contributed by atoms with Crippen molar-refractivity contribution in [1.82, 2.24) is 29.1 Å². The van der Waals surface area contributed by atoms with Gasteiger partial charge in [0, 0.05) is 56.6 Å². The number of amides is 1. The number of likely N-dealkylation sites (N-methyl/N-ethyl adjacent to an activating group) is 1. The first-order valence-electron chi connectivity index (χ1n) is 14.8. The third-order valence-electron chi connectivity index (χ3n) is 8.29. The summed E-state index contributed by atoms with van der Waals surface area (Å²) >= 11 is 0. The van der Waals surface area contributed by atoms with Crippen LogP contribution in [0.25, 0.3) is 28.0 Å². The number of nitrogens with zero attached hydrogens (tertiary/aromatic N) is 7. The Morgan fingerprint density at radius 1 is 0.977 bits per heavy atom. The Hall–Kier alpha value is -4.70. The van der Waals surface area contributed by atoms with E-state index in [0.717, 1.165) is 74.4 Å². The van der Waals surface area contributed by atoms with Gasteiger partial charge in [-0.2, -0.15) is 10.2 Å². The highest BCUT2D eigenvalue weighted by Gasteiger charge is 2.22. The summed E-state index contributed by atoms with van der Waals surface area (Å²) in [6.07, 6.45) is 9.01. The van der Waals surface area contributed by atoms with Crippen LogP contribution in [-0.4, -0.2) is 88.3 Å². The van der Waals surface area contributed by atoms with Gasteiger partial charge in [0.25, 0.3) is 0 Å². The van der Waals surface area contributed by atoms with Gasteiger partial charge in [-0.1, -0.05) is 42.3 Å². The molecule has 2 fully saturated rings. The largest absolute Gasteiger partial charge is 0.371 e. The van der Waals surface area contributed by atoms with E-state index in [2.05, 4.69) is 42.0 Å². The zero-order valence-electron chi connectivity index (χ0n) is 24.7. The Kier molecular flexibility index (Phi) is 8.37. The number of carbonyl (C=O) groups excluding carboxylic acids is 1. The number of hydrogen-bond donors (Lipinski definition) is 0. The molecule has 43 heavy (non-hydrogen) atoms. The summed E-state index contributed by atoms with van der Waals surface area (Å²) in [7, 11) is 4.20. The minimum Gasteiger partial charge on any atom is -0.371 e. The van der Waals surface area contributed by atoms with E-state index in [4.69, 9.17) is 14.7 Å². The van der Waals surface area contributed by atoms with Gasteiger partial charge in [0.2, 0.25) is 5.91 Å². The predicted molar refractivity (Wildman–Crippen MR) is 165 cm³/mol. The first kappa shape index (κ1) is 28.4. The van der Waals surface area contributed by atoms with Crippen molar-refractivity contribution < 1.29 is 9.53 Å². The highest BCUT2D eigenvalue weighted by Crippen LogP contribution is 2.36. The zero-order chi connectivity index (χ0) is 29.8. The Morgan fingerprint density at radius 3 is 2.44 bits per heavy atom. The molecule has 2 aromatic carbocycles. The van der Waals surface area contributed by atoms with Gasteiger partial charge in [-0.25, -0.2) is 4.98 Å². The standard InChI is InChI=1S/C34H35N7O2/c1-38-17-19-40(20-18-38)30(42)22-25-5-9-28(10-6-25)31-32(29-11-7-26(23-35)8-12-29)37-34(41-16-14-36-33(31)41)43-21-13-27-4-3-15-39(2)24-27/h5-12,14,16,27H,3-4,15,17-20,22,24H2,1-2H3. The summed E-state index contributed by atoms with van der Waals surface area (Å²) in [6, 6.07) is 17.9. The topological polar surface area (TPSA) is 90.0 Å². The Bertz CT molecular complexity index is 1700. The first-order valence-corrected chi connectivity index (χ1v) is 14.8. The van der Waals surface area contributed by atoms with Crippen molar-refractivity contribution in [2.24, 2.45) is 5.92 Å². The number of likely N-dealkylation sites (tertiary alicyclic amines) is 1. The summed E-state index contributed by atoms with van der Waals surface area (Å²) in [4.78, 5) is 29.1. The molecule has 9 nitrogen and oxygen atoms in total. The second kappa shape index (κ2) is 12.7. The summed E-state index contributed by atoms with van der Waals surface area (Å²) < 4.78 is 7.79. The maximum absolute atomic E-state index is 12.9. The first-order chi connectivity index (χ1) is 21.0. The molecule has 4 aromatic rings. The molecule has 4 heterocycles. The summed E-state index contributed by atoms with van der Waals surface area (Å²) in [5, 5.41) is 9.35. The van der Waals surface area contributed by atoms with Gasteiger partial charge >= 0.3 is 6.01 Å². The molecule has 0 saturated carbocycles. The molecule has 0 spiro atoms. The molecule has 218 valence electrons. The molecule has 2 aliphatic heterocycles. The number of piperidine rings is 1. The maximum atomic E-state index is 12.9. The zero-order valence-corrected chi connectivity index (χ0v) is 24.7. The lowest BCUT2D eigenvalue weighted by Crippen LogP contribution is -2.47. The molecule has 2 aromatic heterocycles. The molecule has 2 aliphatic rings. The van der Waals surface area contributed by atoms with Crippen LogP contribution in [0, 0.1) is 29.3 Å². The SMILES string of the molecule is CN1CCN(C(=O)Cc2ccc(-c3c(-c4ccc(C#N)cc4)nc(OC#CC4CCCN(C)C4)n4ccnc34)cc2)CC1. The van der Waals surface area contributed by atoms with Crippen molar-refractivity contribution >= 4 is 11.6 Å². The Labute approximate surface area is 252 Å². The summed E-state index contributed by atoms with van der Waals surface area (Å²) in [5.41, 5.74) is 5.48. The van der Waals surface area contributed by atoms with Gasteiger partial charge < -0.3 is 19.4 Å². The fraction of sp³-hybridized carbons (Fsp3) is 0.353. The van der Waals surface area contributed by atoms with Gasteiger partial charge in [-0.05, 0) is 56.7 Å². The van der Waals surface area contributed by atoms with Crippen molar-refractivity contribution in [2.45, 2.75) is 19.3 Å². The molecule has 1 amide bonds. The molecule has 0 radical (unpaired) electrons. The molecule has 6 rings (SSSR count). The van der Waals surface area contributed by atoms with E-state index in [1.165, 1.54) is 0 Å². The van der Waals surface area contributed by atoms with Crippen LogP contribution < -0.4 is 4.74 Å².